The number of carbonyl (C=O) groups excluding carboxylic acids is 2. The maximum Gasteiger partial charge on any atom is 0.254 e. The van der Waals surface area contributed by atoms with Crippen LogP contribution in [0.1, 0.15) is 23.2 Å². The lowest BCUT2D eigenvalue weighted by Gasteiger charge is -2.22. The fourth-order valence-electron chi connectivity index (χ4n) is 1.79. The van der Waals surface area contributed by atoms with Gasteiger partial charge >= 0.3 is 0 Å². The van der Waals surface area contributed by atoms with E-state index in [2.05, 4.69) is 10.6 Å². The Kier molecular flexibility index (Phi) is 3.37. The molecule has 0 aliphatic carbocycles. The van der Waals surface area contributed by atoms with Crippen LogP contribution in [0.3, 0.4) is 0 Å². The van der Waals surface area contributed by atoms with Crippen molar-refractivity contribution >= 4 is 11.8 Å². The smallest absolute Gasteiger partial charge is 0.254 e. The maximum absolute atomic E-state index is 13.3. The molecule has 2 amide bonds. The number of nitrogens with one attached hydrogen (secondary N) is 2. The number of hydrogen-bond acceptors (Lipinski definition) is 2. The molecule has 0 saturated carbocycles. The molecule has 0 spiro atoms. The van der Waals surface area contributed by atoms with Crippen molar-refractivity contribution in [1.82, 2.24) is 10.6 Å². The lowest BCUT2D eigenvalue weighted by molar-refractivity contribution is -0.124. The second-order valence-corrected chi connectivity index (χ2v) is 3.94. The van der Waals surface area contributed by atoms with Gasteiger partial charge in [0.15, 0.2) is 0 Å². The van der Waals surface area contributed by atoms with E-state index in [0.717, 1.165) is 6.42 Å². The lowest BCUT2D eigenvalue weighted by Crippen LogP contribution is -2.50. The van der Waals surface area contributed by atoms with Crippen molar-refractivity contribution in [3.05, 3.63) is 35.6 Å². The van der Waals surface area contributed by atoms with Gasteiger partial charge in [0.25, 0.3) is 5.91 Å². The number of benzene rings is 1. The summed E-state index contributed by atoms with van der Waals surface area (Å²) >= 11 is 0. The first-order chi connectivity index (χ1) is 8.18. The van der Waals surface area contributed by atoms with E-state index >= 15 is 0 Å². The van der Waals surface area contributed by atoms with Gasteiger partial charge in [-0.1, -0.05) is 12.1 Å². The Morgan fingerprint density at radius 2 is 2.18 bits per heavy atom. The van der Waals surface area contributed by atoms with E-state index < -0.39 is 17.8 Å². The fraction of sp³-hybridized carbons (Fsp3) is 0.333. The van der Waals surface area contributed by atoms with Crippen molar-refractivity contribution in [2.75, 3.05) is 6.54 Å². The highest BCUT2D eigenvalue weighted by Crippen LogP contribution is 2.08. The molecule has 1 atom stereocenters. The van der Waals surface area contributed by atoms with Gasteiger partial charge in [-0.25, -0.2) is 4.39 Å². The third kappa shape index (κ3) is 2.61. The minimum atomic E-state index is -0.582. The van der Waals surface area contributed by atoms with Crippen LogP contribution < -0.4 is 10.6 Å². The second-order valence-electron chi connectivity index (χ2n) is 3.94. The molecule has 90 valence electrons. The molecule has 17 heavy (non-hydrogen) atoms. The number of piperidine rings is 1. The summed E-state index contributed by atoms with van der Waals surface area (Å²) in [6.45, 7) is 0.630. The van der Waals surface area contributed by atoms with Crippen LogP contribution in [0.4, 0.5) is 4.39 Å². The zero-order valence-electron chi connectivity index (χ0n) is 9.20. The highest BCUT2D eigenvalue weighted by Gasteiger charge is 2.24. The average molecular weight is 236 g/mol. The molecule has 0 bridgehead atoms. The van der Waals surface area contributed by atoms with Crippen LogP contribution in [-0.2, 0) is 4.79 Å². The Bertz CT molecular complexity index is 448. The predicted molar refractivity (Wildman–Crippen MR) is 59.9 cm³/mol. The molecule has 1 fully saturated rings. The normalized spacial score (nSPS) is 19.6. The average Bonchev–Trinajstić information content (AvgIpc) is 2.32. The van der Waals surface area contributed by atoms with E-state index in [0.29, 0.717) is 13.0 Å². The molecule has 4 nitrogen and oxygen atoms in total. The van der Waals surface area contributed by atoms with E-state index in [1.165, 1.54) is 18.2 Å². The topological polar surface area (TPSA) is 58.2 Å². The first-order valence-electron chi connectivity index (χ1n) is 5.51. The first kappa shape index (κ1) is 11.6. The molecule has 1 aromatic rings. The van der Waals surface area contributed by atoms with E-state index in [1.807, 2.05) is 0 Å². The van der Waals surface area contributed by atoms with E-state index in [1.54, 1.807) is 6.07 Å². The van der Waals surface area contributed by atoms with E-state index in [-0.39, 0.29) is 11.5 Å². The summed E-state index contributed by atoms with van der Waals surface area (Å²) in [5.74, 6) is -1.34. The molecular formula is C12H13FN2O2. The van der Waals surface area contributed by atoms with E-state index in [4.69, 9.17) is 0 Å². The van der Waals surface area contributed by atoms with Crippen LogP contribution in [0.25, 0.3) is 0 Å². The maximum atomic E-state index is 13.3. The quantitative estimate of drug-likeness (QED) is 0.799. The predicted octanol–water partition coefficient (Wildman–Crippen LogP) is 0.834. The molecule has 2 rings (SSSR count). The zero-order chi connectivity index (χ0) is 12.3. The Morgan fingerprint density at radius 3 is 2.88 bits per heavy atom. The number of carbonyl (C=O) groups is 2. The molecule has 0 aromatic heterocycles. The van der Waals surface area contributed by atoms with Gasteiger partial charge in [-0.05, 0) is 25.0 Å². The highest BCUT2D eigenvalue weighted by atomic mass is 19.1. The molecule has 1 heterocycles. The molecule has 0 unspecified atom stereocenters. The molecular weight excluding hydrogens is 223 g/mol. The fourth-order valence-corrected chi connectivity index (χ4v) is 1.79. The number of halogens is 1. The van der Waals surface area contributed by atoms with Crippen LogP contribution in [0.5, 0.6) is 0 Å². The molecule has 1 aliphatic heterocycles. The summed E-state index contributed by atoms with van der Waals surface area (Å²) < 4.78 is 13.3. The number of hydrogen-bond donors (Lipinski definition) is 2. The van der Waals surface area contributed by atoms with E-state index in [9.17, 15) is 14.0 Å². The van der Waals surface area contributed by atoms with Crippen LogP contribution in [0, 0.1) is 5.82 Å². The third-order valence-electron chi connectivity index (χ3n) is 2.71. The van der Waals surface area contributed by atoms with Crippen molar-refractivity contribution < 1.29 is 14.0 Å². The summed E-state index contributed by atoms with van der Waals surface area (Å²) in [6.07, 6.45) is 1.40. The monoisotopic (exact) mass is 236 g/mol. The van der Waals surface area contributed by atoms with Gasteiger partial charge in [-0.3, -0.25) is 9.59 Å². The molecule has 5 heteroatoms. The minimum absolute atomic E-state index is 0.0362. The van der Waals surface area contributed by atoms with Crippen LogP contribution in [-0.4, -0.2) is 24.4 Å². The van der Waals surface area contributed by atoms with Crippen molar-refractivity contribution in [2.45, 2.75) is 18.9 Å². The van der Waals surface area contributed by atoms with Gasteiger partial charge in [0, 0.05) is 6.54 Å². The number of rotatable bonds is 2. The number of amides is 2. The zero-order valence-corrected chi connectivity index (χ0v) is 9.20. The molecule has 1 saturated heterocycles. The van der Waals surface area contributed by atoms with Gasteiger partial charge in [-0.2, -0.15) is 0 Å². The SMILES string of the molecule is O=C(N[C@H]1CCCNC1=O)c1ccccc1F. The lowest BCUT2D eigenvalue weighted by atomic mass is 10.1. The Labute approximate surface area is 98.2 Å². The molecule has 1 aromatic carbocycles. The summed E-state index contributed by atoms with van der Waals surface area (Å²) in [7, 11) is 0. The van der Waals surface area contributed by atoms with Gasteiger partial charge in [-0.15, -0.1) is 0 Å². The van der Waals surface area contributed by atoms with Gasteiger partial charge in [0.05, 0.1) is 5.56 Å². The third-order valence-corrected chi connectivity index (χ3v) is 2.71. The van der Waals surface area contributed by atoms with Gasteiger partial charge in [0.2, 0.25) is 5.91 Å². The van der Waals surface area contributed by atoms with Crippen molar-refractivity contribution in [1.29, 1.82) is 0 Å². The van der Waals surface area contributed by atoms with Gasteiger partial charge in [0.1, 0.15) is 11.9 Å². The summed E-state index contributed by atoms with van der Waals surface area (Å²) in [5, 5.41) is 5.19. The van der Waals surface area contributed by atoms with Crippen LogP contribution in [0.2, 0.25) is 0 Å². The van der Waals surface area contributed by atoms with Crippen molar-refractivity contribution in [2.24, 2.45) is 0 Å². The second kappa shape index (κ2) is 4.95. The Balaban J connectivity index is 2.06. The highest BCUT2D eigenvalue weighted by molar-refractivity contribution is 5.97. The van der Waals surface area contributed by atoms with Crippen molar-refractivity contribution in [3.63, 3.8) is 0 Å². The van der Waals surface area contributed by atoms with Crippen LogP contribution in [0.15, 0.2) is 24.3 Å². The van der Waals surface area contributed by atoms with Gasteiger partial charge < -0.3 is 10.6 Å². The van der Waals surface area contributed by atoms with Crippen LogP contribution >= 0.6 is 0 Å². The standard InChI is InChI=1S/C12H13FN2O2/c13-9-5-2-1-4-8(9)11(16)15-10-6-3-7-14-12(10)17/h1-2,4-5,10H,3,6-7H2,(H,14,17)(H,15,16)/t10-/m0/s1. The molecule has 2 N–H and O–H groups in total. The molecule has 1 aliphatic rings. The summed E-state index contributed by atoms with van der Waals surface area (Å²) in [5.41, 5.74) is -0.0362. The minimum Gasteiger partial charge on any atom is -0.354 e. The summed E-state index contributed by atoms with van der Waals surface area (Å²) in [6, 6.07) is 5.15. The largest absolute Gasteiger partial charge is 0.354 e. The summed E-state index contributed by atoms with van der Waals surface area (Å²) in [4.78, 5) is 23.2. The first-order valence-corrected chi connectivity index (χ1v) is 5.51. The Morgan fingerprint density at radius 1 is 1.41 bits per heavy atom. The Hall–Kier alpha value is -1.91. The molecule has 0 radical (unpaired) electrons. The van der Waals surface area contributed by atoms with Crippen molar-refractivity contribution in [3.8, 4) is 0 Å².